The summed E-state index contributed by atoms with van der Waals surface area (Å²) in [6.45, 7) is 6.37. The Morgan fingerprint density at radius 3 is 2.19 bits per heavy atom. The Morgan fingerprint density at radius 2 is 1.69 bits per heavy atom. The number of halogens is 7. The molecule has 3 aliphatic rings. The second-order valence-electron chi connectivity index (χ2n) is 8.09. The Hall–Kier alpha value is -3.02. The van der Waals surface area contributed by atoms with Crippen molar-refractivity contribution in [1.29, 1.82) is 5.26 Å². The summed E-state index contributed by atoms with van der Waals surface area (Å²) >= 11 is 0. The molecule has 172 valence electrons. The standard InChI is InChI=1S/C20H15F7N2O3/c1-16-5-7-17(8-6-16,20(26,27)19(16,24)25)15(30)32-12-3-4-13(31-10-18(21,22)23)14(29-2)11(12)9-28/h3-4H,5-8,10H2,1H3. The zero-order valence-electron chi connectivity index (χ0n) is 16.5. The maximum Gasteiger partial charge on any atom is 0.422 e. The van der Waals surface area contributed by atoms with E-state index in [2.05, 4.69) is 9.58 Å². The number of hydrogen-bond donors (Lipinski definition) is 0. The van der Waals surface area contributed by atoms with Crippen molar-refractivity contribution in [3.05, 3.63) is 29.1 Å². The fourth-order valence-corrected chi connectivity index (χ4v) is 4.20. The van der Waals surface area contributed by atoms with Gasteiger partial charge in [-0.3, -0.25) is 4.79 Å². The summed E-state index contributed by atoms with van der Waals surface area (Å²) in [5.74, 6) is -12.3. The molecule has 0 aliphatic heterocycles. The first-order valence-corrected chi connectivity index (χ1v) is 9.28. The number of carbonyl (C=O) groups excluding carboxylic acids is 1. The molecule has 0 saturated heterocycles. The van der Waals surface area contributed by atoms with E-state index < -0.39 is 77.0 Å². The van der Waals surface area contributed by atoms with Crippen molar-refractivity contribution in [3.8, 4) is 17.6 Å². The molecular weight excluding hydrogens is 449 g/mol. The number of nitrogens with zero attached hydrogens (tertiary/aromatic N) is 2. The topological polar surface area (TPSA) is 63.7 Å². The summed E-state index contributed by atoms with van der Waals surface area (Å²) in [6, 6.07) is 3.05. The smallest absolute Gasteiger partial charge is 0.422 e. The minimum absolute atomic E-state index is 0.354. The Morgan fingerprint density at radius 1 is 1.12 bits per heavy atom. The van der Waals surface area contributed by atoms with E-state index in [1.54, 1.807) is 0 Å². The fraction of sp³-hybridized carbons (Fsp3) is 0.550. The Kier molecular flexibility index (Phi) is 5.36. The summed E-state index contributed by atoms with van der Waals surface area (Å²) in [6.07, 6.45) is -6.60. The maximum atomic E-state index is 14.8. The largest absolute Gasteiger partial charge is 0.495 e. The summed E-state index contributed by atoms with van der Waals surface area (Å²) in [5.41, 5.74) is -6.30. The van der Waals surface area contributed by atoms with Crippen LogP contribution < -0.4 is 9.47 Å². The molecule has 0 N–H and O–H groups in total. The van der Waals surface area contributed by atoms with Crippen LogP contribution in [0.2, 0.25) is 0 Å². The number of rotatable bonds is 4. The number of nitriles is 1. The first-order chi connectivity index (χ1) is 14.7. The highest BCUT2D eigenvalue weighted by molar-refractivity contribution is 5.83. The molecule has 2 bridgehead atoms. The molecule has 32 heavy (non-hydrogen) atoms. The fourth-order valence-electron chi connectivity index (χ4n) is 4.20. The monoisotopic (exact) mass is 464 g/mol. The van der Waals surface area contributed by atoms with Gasteiger partial charge in [0, 0.05) is 5.41 Å². The van der Waals surface area contributed by atoms with Crippen molar-refractivity contribution < 1.29 is 45.0 Å². The molecule has 0 amide bonds. The molecule has 12 heteroatoms. The molecule has 0 unspecified atom stereocenters. The van der Waals surface area contributed by atoms with E-state index in [1.165, 1.54) is 6.07 Å². The number of benzene rings is 1. The van der Waals surface area contributed by atoms with Crippen LogP contribution in [0.5, 0.6) is 11.5 Å². The van der Waals surface area contributed by atoms with Crippen LogP contribution in [0, 0.1) is 28.7 Å². The SMILES string of the molecule is [C-]#[N+]c1c(OCC(F)(F)F)ccc(OC(=O)C23CCC(C)(CC2)C(F)(F)C3(F)F)c1C#N. The average molecular weight is 464 g/mol. The molecule has 0 aromatic heterocycles. The van der Waals surface area contributed by atoms with Gasteiger partial charge in [0.25, 0.3) is 0 Å². The lowest BCUT2D eigenvalue weighted by molar-refractivity contribution is -0.356. The quantitative estimate of drug-likeness (QED) is 0.244. The van der Waals surface area contributed by atoms with Crippen LogP contribution >= 0.6 is 0 Å². The van der Waals surface area contributed by atoms with Gasteiger partial charge in [-0.25, -0.2) is 4.85 Å². The lowest BCUT2D eigenvalue weighted by Crippen LogP contribution is -2.71. The summed E-state index contributed by atoms with van der Waals surface area (Å²) in [4.78, 5) is 15.7. The van der Waals surface area contributed by atoms with Gasteiger partial charge in [0.05, 0.1) is 12.6 Å². The number of carbonyl (C=O) groups is 1. The molecular formula is C20H15F7N2O3. The van der Waals surface area contributed by atoms with Gasteiger partial charge in [-0.2, -0.15) is 36.0 Å². The normalized spacial score (nSPS) is 27.8. The number of fused-ring (bicyclic) bond motifs is 3. The van der Waals surface area contributed by atoms with Crippen molar-refractivity contribution in [1.82, 2.24) is 0 Å². The van der Waals surface area contributed by atoms with Crippen molar-refractivity contribution in [3.63, 3.8) is 0 Å². The van der Waals surface area contributed by atoms with Gasteiger partial charge in [-0.1, -0.05) is 6.92 Å². The number of alkyl halides is 7. The van der Waals surface area contributed by atoms with E-state index in [9.17, 15) is 40.8 Å². The average Bonchev–Trinajstić information content (AvgIpc) is 2.70. The third-order valence-electron chi connectivity index (χ3n) is 6.27. The van der Waals surface area contributed by atoms with E-state index in [4.69, 9.17) is 11.3 Å². The predicted octanol–water partition coefficient (Wildman–Crippen LogP) is 5.81. The van der Waals surface area contributed by atoms with Gasteiger partial charge < -0.3 is 9.47 Å². The third-order valence-corrected chi connectivity index (χ3v) is 6.27. The van der Waals surface area contributed by atoms with Gasteiger partial charge in [0.2, 0.25) is 5.69 Å². The predicted molar refractivity (Wildman–Crippen MR) is 93.5 cm³/mol. The Balaban J connectivity index is 1.96. The lowest BCUT2D eigenvalue weighted by Gasteiger charge is -2.58. The van der Waals surface area contributed by atoms with Gasteiger partial charge in [0.15, 0.2) is 6.61 Å². The van der Waals surface area contributed by atoms with E-state index in [0.29, 0.717) is 0 Å². The second kappa shape index (κ2) is 7.26. The Bertz CT molecular complexity index is 1030. The summed E-state index contributed by atoms with van der Waals surface area (Å²) in [7, 11) is 0. The van der Waals surface area contributed by atoms with Crippen LogP contribution in [0.1, 0.15) is 38.2 Å². The zero-order valence-corrected chi connectivity index (χ0v) is 16.5. The first kappa shape index (κ1) is 23.6. The lowest BCUT2D eigenvalue weighted by atomic mass is 9.50. The van der Waals surface area contributed by atoms with Gasteiger partial charge in [-0.15, -0.1) is 0 Å². The number of hydrogen-bond acceptors (Lipinski definition) is 4. The third kappa shape index (κ3) is 3.24. The number of ether oxygens (including phenoxy) is 2. The van der Waals surface area contributed by atoms with Gasteiger partial charge in [-0.05, 0) is 37.8 Å². The van der Waals surface area contributed by atoms with E-state index >= 15 is 0 Å². The van der Waals surface area contributed by atoms with Crippen molar-refractivity contribution in [2.24, 2.45) is 10.8 Å². The molecule has 3 fully saturated rings. The Labute approximate surface area is 177 Å². The van der Waals surface area contributed by atoms with Crippen molar-refractivity contribution >= 4 is 11.7 Å². The van der Waals surface area contributed by atoms with E-state index in [1.807, 2.05) is 0 Å². The minimum atomic E-state index is -4.75. The highest BCUT2D eigenvalue weighted by Crippen LogP contribution is 2.70. The minimum Gasteiger partial charge on any atom is -0.495 e. The van der Waals surface area contributed by atoms with Crippen LogP contribution in [0.25, 0.3) is 4.85 Å². The summed E-state index contributed by atoms with van der Waals surface area (Å²) in [5, 5.41) is 9.32. The van der Waals surface area contributed by atoms with Crippen LogP contribution in [-0.4, -0.2) is 30.6 Å². The van der Waals surface area contributed by atoms with Gasteiger partial charge >= 0.3 is 24.0 Å². The summed E-state index contributed by atoms with van der Waals surface area (Å²) < 4.78 is 105. The zero-order chi connectivity index (χ0) is 24.2. The molecule has 1 aromatic rings. The first-order valence-electron chi connectivity index (χ1n) is 9.28. The molecule has 1 aromatic carbocycles. The van der Waals surface area contributed by atoms with Crippen LogP contribution in [0.15, 0.2) is 12.1 Å². The second-order valence-corrected chi connectivity index (χ2v) is 8.09. The highest BCUT2D eigenvalue weighted by Gasteiger charge is 2.82. The van der Waals surface area contributed by atoms with Crippen LogP contribution in [-0.2, 0) is 4.79 Å². The molecule has 0 heterocycles. The molecule has 3 aliphatic carbocycles. The van der Waals surface area contributed by atoms with Crippen LogP contribution in [0.3, 0.4) is 0 Å². The van der Waals surface area contributed by atoms with Crippen molar-refractivity contribution in [2.45, 2.75) is 50.6 Å². The molecule has 0 spiro atoms. The van der Waals surface area contributed by atoms with Crippen LogP contribution in [0.4, 0.5) is 36.4 Å². The highest BCUT2D eigenvalue weighted by atomic mass is 19.4. The van der Waals surface area contributed by atoms with Crippen molar-refractivity contribution in [2.75, 3.05) is 6.61 Å². The maximum absolute atomic E-state index is 14.8. The molecule has 4 rings (SSSR count). The van der Waals surface area contributed by atoms with Gasteiger partial charge in [0.1, 0.15) is 22.5 Å². The van der Waals surface area contributed by atoms with E-state index in [0.717, 1.165) is 19.1 Å². The van der Waals surface area contributed by atoms with E-state index in [-0.39, 0.29) is 12.8 Å². The molecule has 0 radical (unpaired) electrons. The molecule has 5 nitrogen and oxygen atoms in total. The molecule has 0 atom stereocenters. The number of esters is 1. The molecule has 3 saturated carbocycles.